The van der Waals surface area contributed by atoms with Crippen LogP contribution >= 0.6 is 11.6 Å². The lowest BCUT2D eigenvalue weighted by Gasteiger charge is -2.11. The summed E-state index contributed by atoms with van der Waals surface area (Å²) in [5.41, 5.74) is 5.79. The van der Waals surface area contributed by atoms with Crippen molar-refractivity contribution < 1.29 is 13.5 Å². The maximum Gasteiger partial charge on any atom is 0.387 e. The van der Waals surface area contributed by atoms with Crippen LogP contribution in [0.25, 0.3) is 0 Å². The number of ether oxygens (including phenoxy) is 1. The summed E-state index contributed by atoms with van der Waals surface area (Å²) in [6.45, 7) is -3.05. The molecule has 100 valence electrons. The van der Waals surface area contributed by atoms with Crippen LogP contribution in [0.3, 0.4) is 0 Å². The molecule has 0 heterocycles. The Morgan fingerprint density at radius 2 is 2.26 bits per heavy atom. The summed E-state index contributed by atoms with van der Waals surface area (Å²) in [7, 11) is 1.48. The molecule has 2 N–H and O–H groups in total. The molecule has 0 fully saturated rings. The fraction of sp³-hybridized carbons (Fsp3) is 0.167. The molecule has 1 rings (SSSR count). The first-order valence-corrected chi connectivity index (χ1v) is 5.45. The van der Waals surface area contributed by atoms with Gasteiger partial charge in [-0.2, -0.15) is 14.0 Å². The van der Waals surface area contributed by atoms with Crippen LogP contribution in [0.2, 0.25) is 5.02 Å². The molecule has 0 saturated heterocycles. The molecule has 0 spiro atoms. The second-order valence-electron chi connectivity index (χ2n) is 3.28. The zero-order chi connectivity index (χ0) is 14.4. The third kappa shape index (κ3) is 3.66. The van der Waals surface area contributed by atoms with Gasteiger partial charge in [-0.15, -0.1) is 0 Å². The Morgan fingerprint density at radius 1 is 1.58 bits per heavy atom. The fourth-order valence-corrected chi connectivity index (χ4v) is 1.67. The number of hydrogen-bond donors (Lipinski definition) is 1. The van der Waals surface area contributed by atoms with Crippen molar-refractivity contribution in [1.82, 2.24) is 0 Å². The summed E-state index contributed by atoms with van der Waals surface area (Å²) in [6, 6.07) is 4.38. The van der Waals surface area contributed by atoms with Gasteiger partial charge in [0.05, 0.1) is 5.71 Å². The second kappa shape index (κ2) is 6.71. The van der Waals surface area contributed by atoms with Crippen molar-refractivity contribution in [3.05, 3.63) is 40.6 Å². The van der Waals surface area contributed by atoms with E-state index in [9.17, 15) is 8.78 Å². The first-order chi connectivity index (χ1) is 9.03. The topological polar surface area (TPSA) is 71.4 Å². The summed E-state index contributed by atoms with van der Waals surface area (Å²) in [5.74, 6) is -0.299. The first kappa shape index (κ1) is 14.9. The van der Waals surface area contributed by atoms with Gasteiger partial charge in [0.25, 0.3) is 0 Å². The van der Waals surface area contributed by atoms with Crippen LogP contribution in [-0.2, 0) is 0 Å². The Balaban J connectivity index is 3.47. The molecule has 0 aliphatic heterocycles. The first-order valence-electron chi connectivity index (χ1n) is 5.07. The number of allylic oxidation sites excluding steroid dienone is 1. The lowest BCUT2D eigenvalue weighted by Crippen LogP contribution is -2.08. The van der Waals surface area contributed by atoms with Gasteiger partial charge in [0, 0.05) is 23.7 Å². The lowest BCUT2D eigenvalue weighted by molar-refractivity contribution is -0.0500. The average molecular weight is 286 g/mol. The Kier molecular flexibility index (Phi) is 5.27. The Hall–Kier alpha value is -2.13. The van der Waals surface area contributed by atoms with Gasteiger partial charge in [0.2, 0.25) is 0 Å². The molecule has 1 aromatic rings. The summed E-state index contributed by atoms with van der Waals surface area (Å²) in [4.78, 5) is 3.92. The quantitative estimate of drug-likeness (QED) is 0.865. The van der Waals surface area contributed by atoms with E-state index in [1.54, 1.807) is 6.07 Å². The number of aliphatic imine (C=N–C) groups is 1. The molecule has 0 bridgehead atoms. The zero-order valence-corrected chi connectivity index (χ0v) is 10.7. The molecule has 0 aliphatic carbocycles. The molecule has 0 unspecified atom stereocenters. The molecule has 4 nitrogen and oxygen atoms in total. The van der Waals surface area contributed by atoms with Crippen LogP contribution in [0.15, 0.2) is 29.4 Å². The normalized spacial score (nSPS) is 11.9. The Bertz CT molecular complexity index is 565. The number of alkyl halides is 2. The van der Waals surface area contributed by atoms with Crippen molar-refractivity contribution in [2.24, 2.45) is 10.7 Å². The number of benzene rings is 1. The summed E-state index contributed by atoms with van der Waals surface area (Å²) < 4.78 is 28.9. The Labute approximate surface area is 113 Å². The number of nitriles is 1. The monoisotopic (exact) mass is 285 g/mol. The van der Waals surface area contributed by atoms with E-state index in [2.05, 4.69) is 9.73 Å². The predicted octanol–water partition coefficient (Wildman–Crippen LogP) is 2.70. The van der Waals surface area contributed by atoms with Gasteiger partial charge in [-0.3, -0.25) is 4.99 Å². The number of rotatable bonds is 4. The molecule has 0 amide bonds. The van der Waals surface area contributed by atoms with Crippen molar-refractivity contribution in [2.75, 3.05) is 7.05 Å². The van der Waals surface area contributed by atoms with Crippen molar-refractivity contribution >= 4 is 17.3 Å². The van der Waals surface area contributed by atoms with Gasteiger partial charge >= 0.3 is 6.61 Å². The molecular weight excluding hydrogens is 276 g/mol. The third-order valence-electron chi connectivity index (χ3n) is 2.17. The highest BCUT2D eigenvalue weighted by atomic mass is 35.5. The summed E-state index contributed by atoms with van der Waals surface area (Å²) >= 11 is 5.82. The van der Waals surface area contributed by atoms with Crippen molar-refractivity contribution in [2.45, 2.75) is 6.61 Å². The number of nitrogens with two attached hydrogens (primary N) is 1. The van der Waals surface area contributed by atoms with Gasteiger partial charge in [-0.1, -0.05) is 11.6 Å². The van der Waals surface area contributed by atoms with Crippen molar-refractivity contribution in [1.29, 1.82) is 5.26 Å². The molecule has 0 aliphatic rings. The molecular formula is C12H10ClF2N3O. The highest BCUT2D eigenvalue weighted by Gasteiger charge is 2.17. The number of nitrogens with zero attached hydrogens (tertiary/aromatic N) is 2. The molecule has 7 heteroatoms. The predicted molar refractivity (Wildman–Crippen MR) is 68.6 cm³/mol. The van der Waals surface area contributed by atoms with Crippen LogP contribution in [0.4, 0.5) is 8.78 Å². The highest BCUT2D eigenvalue weighted by Crippen LogP contribution is 2.29. The molecule has 19 heavy (non-hydrogen) atoms. The van der Waals surface area contributed by atoms with Crippen LogP contribution in [0.1, 0.15) is 11.1 Å². The van der Waals surface area contributed by atoms with Crippen LogP contribution < -0.4 is 10.5 Å². The van der Waals surface area contributed by atoms with E-state index in [4.69, 9.17) is 22.6 Å². The lowest BCUT2D eigenvalue weighted by atomic mass is 10.0. The minimum atomic E-state index is -3.05. The molecule has 0 radical (unpaired) electrons. The molecule has 0 aromatic heterocycles. The average Bonchev–Trinajstić information content (AvgIpc) is 2.34. The van der Waals surface area contributed by atoms with E-state index in [1.165, 1.54) is 25.4 Å². The number of halogens is 3. The van der Waals surface area contributed by atoms with Gasteiger partial charge < -0.3 is 10.5 Å². The minimum absolute atomic E-state index is 0.0802. The molecule has 1 aromatic carbocycles. The van der Waals surface area contributed by atoms with Crippen LogP contribution in [-0.4, -0.2) is 19.4 Å². The van der Waals surface area contributed by atoms with E-state index in [-0.39, 0.29) is 21.9 Å². The van der Waals surface area contributed by atoms with Crippen LogP contribution in [0, 0.1) is 11.3 Å². The summed E-state index contributed by atoms with van der Waals surface area (Å²) in [5, 5.41) is 9.24. The molecule has 0 saturated carbocycles. The molecule has 0 atom stereocenters. The van der Waals surface area contributed by atoms with Gasteiger partial charge in [-0.05, 0) is 18.3 Å². The zero-order valence-electron chi connectivity index (χ0n) is 9.90. The fourth-order valence-electron chi connectivity index (χ4n) is 1.46. The van der Waals surface area contributed by atoms with Crippen molar-refractivity contribution in [3.63, 3.8) is 0 Å². The van der Waals surface area contributed by atoms with E-state index in [1.807, 2.05) is 0 Å². The largest absolute Gasteiger partial charge is 0.433 e. The van der Waals surface area contributed by atoms with Crippen molar-refractivity contribution in [3.8, 4) is 11.8 Å². The van der Waals surface area contributed by atoms with E-state index < -0.39 is 6.61 Å². The third-order valence-corrected chi connectivity index (χ3v) is 2.38. The standard InChI is InChI=1S/C12H10ClF2N3O/c1-18-10(2-3-16)8-4-7(13)5-11(9(8)6-17)19-12(14)15/h2-5,12H,16H2,1H3/b3-2-,18-10?. The number of hydrogen-bond acceptors (Lipinski definition) is 4. The highest BCUT2D eigenvalue weighted by molar-refractivity contribution is 6.31. The Morgan fingerprint density at radius 3 is 2.74 bits per heavy atom. The smallest absolute Gasteiger partial charge is 0.387 e. The summed E-state index contributed by atoms with van der Waals surface area (Å²) in [6.07, 6.45) is 2.65. The van der Waals surface area contributed by atoms with Gasteiger partial charge in [-0.25, -0.2) is 0 Å². The van der Waals surface area contributed by atoms with E-state index >= 15 is 0 Å². The van der Waals surface area contributed by atoms with Gasteiger partial charge in [0.15, 0.2) is 0 Å². The van der Waals surface area contributed by atoms with E-state index in [0.717, 1.165) is 6.07 Å². The van der Waals surface area contributed by atoms with E-state index in [0.29, 0.717) is 5.71 Å². The maximum absolute atomic E-state index is 12.3. The SMILES string of the molecule is CN=C(/C=C\N)c1cc(Cl)cc(OC(F)F)c1C#N. The van der Waals surface area contributed by atoms with Crippen LogP contribution in [0.5, 0.6) is 5.75 Å². The minimum Gasteiger partial charge on any atom is -0.433 e. The second-order valence-corrected chi connectivity index (χ2v) is 3.72. The van der Waals surface area contributed by atoms with Gasteiger partial charge in [0.1, 0.15) is 17.4 Å². The maximum atomic E-state index is 12.3.